The predicted molar refractivity (Wildman–Crippen MR) is 51.1 cm³/mol. The Labute approximate surface area is 73.9 Å². The van der Waals surface area contributed by atoms with E-state index in [2.05, 4.69) is 35.6 Å². The molecule has 2 heteroatoms. The van der Waals surface area contributed by atoms with E-state index in [1.807, 2.05) is 19.3 Å². The van der Waals surface area contributed by atoms with Gasteiger partial charge in [-0.3, -0.25) is 0 Å². The summed E-state index contributed by atoms with van der Waals surface area (Å²) in [5, 5.41) is 0. The Hall–Kier alpha value is -1.05. The summed E-state index contributed by atoms with van der Waals surface area (Å²) in [7, 11) is 0. The van der Waals surface area contributed by atoms with E-state index in [0.29, 0.717) is 5.92 Å². The van der Waals surface area contributed by atoms with Crippen molar-refractivity contribution in [3.8, 4) is 0 Å². The predicted octanol–water partition coefficient (Wildman–Crippen LogP) is 2.58. The number of nitrogens with zero attached hydrogens (tertiary/aromatic N) is 2. The average molecular weight is 164 g/mol. The van der Waals surface area contributed by atoms with Crippen LogP contribution in [0.15, 0.2) is 24.5 Å². The number of rotatable bonds is 3. The van der Waals surface area contributed by atoms with Crippen LogP contribution in [-0.4, -0.2) is 9.55 Å². The van der Waals surface area contributed by atoms with Gasteiger partial charge in [0.2, 0.25) is 0 Å². The monoisotopic (exact) mass is 164 g/mol. The van der Waals surface area contributed by atoms with Crippen LogP contribution in [0, 0.1) is 0 Å². The van der Waals surface area contributed by atoms with Crippen LogP contribution in [0.5, 0.6) is 0 Å². The smallest absolute Gasteiger partial charge is 0.111 e. The number of hydrogen-bond donors (Lipinski definition) is 0. The fourth-order valence-corrected chi connectivity index (χ4v) is 1.19. The molecule has 0 fully saturated rings. The summed E-state index contributed by atoms with van der Waals surface area (Å²) in [6.45, 7) is 7.29. The molecule has 0 spiro atoms. The van der Waals surface area contributed by atoms with Crippen LogP contribution in [0.25, 0.3) is 0 Å². The minimum atomic E-state index is 0.505. The van der Waals surface area contributed by atoms with E-state index in [0.717, 1.165) is 12.4 Å². The Bertz CT molecular complexity index is 259. The first-order chi connectivity index (χ1) is 5.75. The molecular weight excluding hydrogens is 148 g/mol. The van der Waals surface area contributed by atoms with E-state index >= 15 is 0 Å². The zero-order valence-corrected chi connectivity index (χ0v) is 7.99. The molecule has 0 aliphatic rings. The zero-order chi connectivity index (χ0) is 8.97. The maximum atomic E-state index is 4.30. The lowest BCUT2D eigenvalue weighted by Gasteiger charge is -2.06. The van der Waals surface area contributed by atoms with Gasteiger partial charge < -0.3 is 4.57 Å². The summed E-state index contributed by atoms with van der Waals surface area (Å²) in [6.07, 6.45) is 8.08. The second-order valence-corrected chi connectivity index (χ2v) is 3.16. The molecule has 0 aliphatic heterocycles. The Morgan fingerprint density at radius 1 is 1.58 bits per heavy atom. The lowest BCUT2D eigenvalue weighted by atomic mass is 10.2. The molecule has 0 saturated heterocycles. The molecule has 0 radical (unpaired) electrons. The molecular formula is C10H16N2. The van der Waals surface area contributed by atoms with E-state index in [1.54, 1.807) is 0 Å². The summed E-state index contributed by atoms with van der Waals surface area (Å²) < 4.78 is 2.17. The van der Waals surface area contributed by atoms with Gasteiger partial charge in [0.05, 0.1) is 0 Å². The highest BCUT2D eigenvalue weighted by atomic mass is 15.1. The standard InChI is InChI=1S/C10H16N2/c1-4-5-7-12-8-6-11-10(12)9(2)3/h4-6,8-9H,7H2,1-3H3/b5-4+. The molecule has 0 N–H and O–H groups in total. The second kappa shape index (κ2) is 4.10. The summed E-state index contributed by atoms with van der Waals surface area (Å²) >= 11 is 0. The molecule has 1 rings (SSSR count). The molecule has 2 nitrogen and oxygen atoms in total. The van der Waals surface area contributed by atoms with Crippen LogP contribution >= 0.6 is 0 Å². The Kier molecular flexibility index (Phi) is 3.09. The third-order valence-electron chi connectivity index (χ3n) is 1.80. The lowest BCUT2D eigenvalue weighted by molar-refractivity contribution is 0.678. The number of allylic oxidation sites excluding steroid dienone is 2. The maximum absolute atomic E-state index is 4.30. The van der Waals surface area contributed by atoms with Crippen LogP contribution in [0.1, 0.15) is 32.5 Å². The van der Waals surface area contributed by atoms with E-state index < -0.39 is 0 Å². The minimum Gasteiger partial charge on any atom is -0.331 e. The Morgan fingerprint density at radius 2 is 2.33 bits per heavy atom. The van der Waals surface area contributed by atoms with Crippen molar-refractivity contribution in [1.29, 1.82) is 0 Å². The van der Waals surface area contributed by atoms with Gasteiger partial charge in [-0.1, -0.05) is 26.0 Å². The van der Waals surface area contributed by atoms with Crippen LogP contribution < -0.4 is 0 Å². The SMILES string of the molecule is C/C=C/Cn1ccnc1C(C)C. The lowest BCUT2D eigenvalue weighted by Crippen LogP contribution is -2.02. The summed E-state index contributed by atoms with van der Waals surface area (Å²) in [5.74, 6) is 1.67. The summed E-state index contributed by atoms with van der Waals surface area (Å²) in [4.78, 5) is 4.30. The molecule has 1 aromatic rings. The molecule has 0 bridgehead atoms. The second-order valence-electron chi connectivity index (χ2n) is 3.16. The van der Waals surface area contributed by atoms with E-state index in [-0.39, 0.29) is 0 Å². The zero-order valence-electron chi connectivity index (χ0n) is 7.99. The van der Waals surface area contributed by atoms with Gasteiger partial charge in [0, 0.05) is 24.9 Å². The third kappa shape index (κ3) is 1.97. The molecule has 12 heavy (non-hydrogen) atoms. The van der Waals surface area contributed by atoms with Crippen molar-refractivity contribution in [2.45, 2.75) is 33.2 Å². The van der Waals surface area contributed by atoms with Crippen LogP contribution in [-0.2, 0) is 6.54 Å². The first kappa shape index (κ1) is 9.04. The average Bonchev–Trinajstić information content (AvgIpc) is 2.48. The van der Waals surface area contributed by atoms with Crippen LogP contribution in [0.4, 0.5) is 0 Å². The van der Waals surface area contributed by atoms with Crippen molar-refractivity contribution in [2.24, 2.45) is 0 Å². The van der Waals surface area contributed by atoms with Crippen molar-refractivity contribution in [3.05, 3.63) is 30.4 Å². The molecule has 0 atom stereocenters. The third-order valence-corrected chi connectivity index (χ3v) is 1.80. The molecule has 1 heterocycles. The van der Waals surface area contributed by atoms with E-state index in [4.69, 9.17) is 0 Å². The van der Waals surface area contributed by atoms with Gasteiger partial charge in [0.15, 0.2) is 0 Å². The number of imidazole rings is 1. The van der Waals surface area contributed by atoms with Gasteiger partial charge >= 0.3 is 0 Å². The van der Waals surface area contributed by atoms with Crippen molar-refractivity contribution in [2.75, 3.05) is 0 Å². The van der Waals surface area contributed by atoms with E-state index in [9.17, 15) is 0 Å². The summed E-state index contributed by atoms with van der Waals surface area (Å²) in [6, 6.07) is 0. The number of hydrogen-bond acceptors (Lipinski definition) is 1. The van der Waals surface area contributed by atoms with Crippen molar-refractivity contribution in [3.63, 3.8) is 0 Å². The first-order valence-electron chi connectivity index (χ1n) is 4.38. The topological polar surface area (TPSA) is 17.8 Å². The van der Waals surface area contributed by atoms with Gasteiger partial charge in [-0.05, 0) is 6.92 Å². The Morgan fingerprint density at radius 3 is 2.92 bits per heavy atom. The highest BCUT2D eigenvalue weighted by Gasteiger charge is 2.04. The Balaban J connectivity index is 2.77. The maximum Gasteiger partial charge on any atom is 0.111 e. The highest BCUT2D eigenvalue weighted by molar-refractivity contribution is 4.99. The van der Waals surface area contributed by atoms with Crippen molar-refractivity contribution >= 4 is 0 Å². The van der Waals surface area contributed by atoms with Gasteiger partial charge in [-0.2, -0.15) is 0 Å². The number of aromatic nitrogens is 2. The fraction of sp³-hybridized carbons (Fsp3) is 0.500. The normalized spacial score (nSPS) is 11.7. The molecule has 1 aromatic heterocycles. The van der Waals surface area contributed by atoms with E-state index in [1.165, 1.54) is 0 Å². The van der Waals surface area contributed by atoms with Gasteiger partial charge in [-0.25, -0.2) is 4.98 Å². The first-order valence-corrected chi connectivity index (χ1v) is 4.38. The van der Waals surface area contributed by atoms with Gasteiger partial charge in [0.1, 0.15) is 5.82 Å². The molecule has 66 valence electrons. The molecule has 0 unspecified atom stereocenters. The molecule has 0 aliphatic carbocycles. The highest BCUT2D eigenvalue weighted by Crippen LogP contribution is 2.11. The van der Waals surface area contributed by atoms with Gasteiger partial charge in [0.25, 0.3) is 0 Å². The molecule has 0 aromatic carbocycles. The molecule has 0 saturated carbocycles. The van der Waals surface area contributed by atoms with Crippen LogP contribution in [0.3, 0.4) is 0 Å². The quantitative estimate of drug-likeness (QED) is 0.628. The largest absolute Gasteiger partial charge is 0.331 e. The van der Waals surface area contributed by atoms with Crippen molar-refractivity contribution < 1.29 is 0 Å². The van der Waals surface area contributed by atoms with Crippen molar-refractivity contribution in [1.82, 2.24) is 9.55 Å². The summed E-state index contributed by atoms with van der Waals surface area (Å²) in [5.41, 5.74) is 0. The fourth-order valence-electron chi connectivity index (χ4n) is 1.19. The minimum absolute atomic E-state index is 0.505. The van der Waals surface area contributed by atoms with Gasteiger partial charge in [-0.15, -0.1) is 0 Å². The molecule has 0 amide bonds. The van der Waals surface area contributed by atoms with Crippen LogP contribution in [0.2, 0.25) is 0 Å².